The molecule has 4 nitrogen and oxygen atoms in total. The Hall–Kier alpha value is -1.66. The number of amides is 1. The van der Waals surface area contributed by atoms with Crippen LogP contribution >= 0.6 is 24.0 Å². The predicted octanol–water partition coefficient (Wildman–Crippen LogP) is 3.54. The van der Waals surface area contributed by atoms with Gasteiger partial charge in [-0.15, -0.1) is 0 Å². The molecular formula is C17H19NO3S2. The largest absolute Gasteiger partial charge is 0.466 e. The summed E-state index contributed by atoms with van der Waals surface area (Å²) in [5.41, 5.74) is 2.12. The Labute approximate surface area is 145 Å². The van der Waals surface area contributed by atoms with Crippen LogP contribution in [0, 0.1) is 6.92 Å². The molecule has 0 atom stereocenters. The monoisotopic (exact) mass is 349 g/mol. The molecule has 122 valence electrons. The van der Waals surface area contributed by atoms with Crippen molar-refractivity contribution in [2.45, 2.75) is 26.7 Å². The lowest BCUT2D eigenvalue weighted by atomic mass is 10.1. The lowest BCUT2D eigenvalue weighted by molar-refractivity contribution is -0.143. The topological polar surface area (TPSA) is 46.6 Å². The molecular weight excluding hydrogens is 330 g/mol. The number of esters is 1. The zero-order valence-corrected chi connectivity index (χ0v) is 14.8. The maximum absolute atomic E-state index is 12.4. The molecule has 6 heteroatoms. The summed E-state index contributed by atoms with van der Waals surface area (Å²) in [7, 11) is 0. The van der Waals surface area contributed by atoms with Crippen molar-refractivity contribution in [3.8, 4) is 0 Å². The van der Waals surface area contributed by atoms with Gasteiger partial charge in [0, 0.05) is 6.54 Å². The van der Waals surface area contributed by atoms with Crippen molar-refractivity contribution < 1.29 is 14.3 Å². The van der Waals surface area contributed by atoms with Crippen LogP contribution in [0.2, 0.25) is 0 Å². The molecule has 1 fully saturated rings. The highest BCUT2D eigenvalue weighted by molar-refractivity contribution is 8.26. The van der Waals surface area contributed by atoms with Crippen LogP contribution in [0.3, 0.4) is 0 Å². The van der Waals surface area contributed by atoms with Crippen molar-refractivity contribution in [3.05, 3.63) is 40.3 Å². The standard InChI is InChI=1S/C17H19NO3S2/c1-3-10-21-15(19)8-9-18-16(20)14(23-17(18)22)11-13-6-4-12(2)5-7-13/h4-7,11H,3,8-10H2,1-2H3/b14-11+. The molecule has 0 bridgehead atoms. The average Bonchev–Trinajstić information content (AvgIpc) is 2.79. The van der Waals surface area contributed by atoms with E-state index in [1.165, 1.54) is 22.2 Å². The second-order valence-electron chi connectivity index (χ2n) is 5.21. The van der Waals surface area contributed by atoms with Crippen molar-refractivity contribution in [1.29, 1.82) is 0 Å². The van der Waals surface area contributed by atoms with Gasteiger partial charge in [-0.1, -0.05) is 60.7 Å². The quantitative estimate of drug-likeness (QED) is 0.447. The second-order valence-corrected chi connectivity index (χ2v) is 6.89. The Kier molecular flexibility index (Phi) is 6.36. The molecule has 0 radical (unpaired) electrons. The van der Waals surface area contributed by atoms with Gasteiger partial charge in [0.25, 0.3) is 5.91 Å². The van der Waals surface area contributed by atoms with Gasteiger partial charge >= 0.3 is 5.97 Å². The Bertz CT molecular complexity index is 638. The van der Waals surface area contributed by atoms with E-state index in [2.05, 4.69) is 0 Å². The molecule has 2 rings (SSSR count). The summed E-state index contributed by atoms with van der Waals surface area (Å²) >= 11 is 6.51. The number of benzene rings is 1. The third-order valence-electron chi connectivity index (χ3n) is 3.26. The van der Waals surface area contributed by atoms with Crippen LogP contribution in [0.5, 0.6) is 0 Å². The molecule has 1 aliphatic heterocycles. The highest BCUT2D eigenvalue weighted by Crippen LogP contribution is 2.32. The number of nitrogens with zero attached hydrogens (tertiary/aromatic N) is 1. The van der Waals surface area contributed by atoms with Crippen LogP contribution in [0.25, 0.3) is 6.08 Å². The number of carbonyl (C=O) groups excluding carboxylic acids is 2. The maximum atomic E-state index is 12.4. The normalized spacial score (nSPS) is 16.3. The number of hydrogen-bond donors (Lipinski definition) is 0. The number of ether oxygens (including phenoxy) is 1. The van der Waals surface area contributed by atoms with Gasteiger partial charge in [0.15, 0.2) is 0 Å². The van der Waals surface area contributed by atoms with Gasteiger partial charge in [-0.2, -0.15) is 0 Å². The van der Waals surface area contributed by atoms with E-state index < -0.39 is 0 Å². The van der Waals surface area contributed by atoms with Crippen LogP contribution in [0.1, 0.15) is 30.9 Å². The Balaban J connectivity index is 1.99. The molecule has 0 aliphatic carbocycles. The number of rotatable bonds is 6. The van der Waals surface area contributed by atoms with Gasteiger partial charge in [0.2, 0.25) is 0 Å². The van der Waals surface area contributed by atoms with Crippen molar-refractivity contribution in [3.63, 3.8) is 0 Å². The van der Waals surface area contributed by atoms with Crippen molar-refractivity contribution in [1.82, 2.24) is 4.90 Å². The molecule has 1 aromatic rings. The van der Waals surface area contributed by atoms with Crippen molar-refractivity contribution >= 4 is 46.3 Å². The zero-order valence-electron chi connectivity index (χ0n) is 13.2. The summed E-state index contributed by atoms with van der Waals surface area (Å²) in [6.07, 6.45) is 2.77. The molecule has 1 heterocycles. The van der Waals surface area contributed by atoms with Gasteiger partial charge in [-0.3, -0.25) is 14.5 Å². The van der Waals surface area contributed by atoms with E-state index in [1.807, 2.05) is 44.2 Å². The Morgan fingerprint density at radius 2 is 2.04 bits per heavy atom. The number of hydrogen-bond acceptors (Lipinski definition) is 5. The SMILES string of the molecule is CCCOC(=O)CCN1C(=O)/C(=C\c2ccc(C)cc2)SC1=S. The number of thioether (sulfide) groups is 1. The summed E-state index contributed by atoms with van der Waals surface area (Å²) in [5.74, 6) is -0.452. The molecule has 1 saturated heterocycles. The van der Waals surface area contributed by atoms with Gasteiger partial charge in [-0.05, 0) is 25.0 Å². The molecule has 0 N–H and O–H groups in total. The second kappa shape index (κ2) is 8.26. The first-order valence-electron chi connectivity index (χ1n) is 7.49. The van der Waals surface area contributed by atoms with Gasteiger partial charge < -0.3 is 4.74 Å². The summed E-state index contributed by atoms with van der Waals surface area (Å²) in [4.78, 5) is 26.0. The zero-order chi connectivity index (χ0) is 16.8. The van der Waals surface area contributed by atoms with Gasteiger partial charge in [-0.25, -0.2) is 0 Å². The molecule has 23 heavy (non-hydrogen) atoms. The number of carbonyl (C=O) groups is 2. The molecule has 0 aromatic heterocycles. The van der Waals surface area contributed by atoms with E-state index in [0.717, 1.165) is 12.0 Å². The first-order valence-corrected chi connectivity index (χ1v) is 8.71. The maximum Gasteiger partial charge on any atom is 0.307 e. The third-order valence-corrected chi connectivity index (χ3v) is 4.63. The first kappa shape index (κ1) is 17.7. The average molecular weight is 349 g/mol. The summed E-state index contributed by atoms with van der Waals surface area (Å²) in [5, 5.41) is 0. The Morgan fingerprint density at radius 1 is 1.35 bits per heavy atom. The fraction of sp³-hybridized carbons (Fsp3) is 0.353. The minimum Gasteiger partial charge on any atom is -0.466 e. The molecule has 1 aromatic carbocycles. The highest BCUT2D eigenvalue weighted by atomic mass is 32.2. The minimum absolute atomic E-state index is 0.149. The van der Waals surface area contributed by atoms with Gasteiger partial charge in [0.05, 0.1) is 17.9 Å². The van der Waals surface area contributed by atoms with E-state index in [0.29, 0.717) is 15.8 Å². The smallest absolute Gasteiger partial charge is 0.307 e. The fourth-order valence-corrected chi connectivity index (χ4v) is 3.31. The van der Waals surface area contributed by atoms with E-state index in [4.69, 9.17) is 17.0 Å². The fourth-order valence-electron chi connectivity index (χ4n) is 2.00. The lowest BCUT2D eigenvalue weighted by Crippen LogP contribution is -2.30. The van der Waals surface area contributed by atoms with Gasteiger partial charge in [0.1, 0.15) is 4.32 Å². The summed E-state index contributed by atoms with van der Waals surface area (Å²) in [6.45, 7) is 4.62. The summed E-state index contributed by atoms with van der Waals surface area (Å²) < 4.78 is 5.50. The predicted molar refractivity (Wildman–Crippen MR) is 96.9 cm³/mol. The van der Waals surface area contributed by atoms with E-state index in [1.54, 1.807) is 0 Å². The molecule has 0 unspecified atom stereocenters. The third kappa shape index (κ3) is 4.91. The first-order chi connectivity index (χ1) is 11.0. The van der Waals surface area contributed by atoms with Crippen LogP contribution in [-0.2, 0) is 14.3 Å². The van der Waals surface area contributed by atoms with Crippen molar-refractivity contribution in [2.75, 3.05) is 13.2 Å². The van der Waals surface area contributed by atoms with E-state index in [-0.39, 0.29) is 24.8 Å². The Morgan fingerprint density at radius 3 is 2.70 bits per heavy atom. The van der Waals surface area contributed by atoms with E-state index in [9.17, 15) is 9.59 Å². The van der Waals surface area contributed by atoms with Crippen LogP contribution in [0.15, 0.2) is 29.2 Å². The summed E-state index contributed by atoms with van der Waals surface area (Å²) in [6, 6.07) is 7.92. The molecule has 1 aliphatic rings. The number of thiocarbonyl (C=S) groups is 1. The van der Waals surface area contributed by atoms with Crippen LogP contribution in [-0.4, -0.2) is 34.2 Å². The molecule has 1 amide bonds. The van der Waals surface area contributed by atoms with Crippen molar-refractivity contribution in [2.24, 2.45) is 0 Å². The van der Waals surface area contributed by atoms with Crippen LogP contribution in [0.4, 0.5) is 0 Å². The van der Waals surface area contributed by atoms with E-state index >= 15 is 0 Å². The minimum atomic E-state index is -0.302. The number of aryl methyl sites for hydroxylation is 1. The highest BCUT2D eigenvalue weighted by Gasteiger charge is 2.32. The van der Waals surface area contributed by atoms with Crippen LogP contribution < -0.4 is 0 Å². The lowest BCUT2D eigenvalue weighted by Gasteiger charge is -2.13. The molecule has 0 spiro atoms. The molecule has 0 saturated carbocycles.